The Labute approximate surface area is 142 Å². The Morgan fingerprint density at radius 2 is 2.04 bits per heavy atom. The summed E-state index contributed by atoms with van der Waals surface area (Å²) in [5.41, 5.74) is 1.65. The van der Waals surface area contributed by atoms with Crippen LogP contribution in [0.5, 0.6) is 0 Å². The summed E-state index contributed by atoms with van der Waals surface area (Å²) >= 11 is 0. The highest BCUT2D eigenvalue weighted by Gasteiger charge is 2.33. The molecule has 3 heterocycles. The summed E-state index contributed by atoms with van der Waals surface area (Å²) in [4.78, 5) is 15.6. The quantitative estimate of drug-likeness (QED) is 0.709. The van der Waals surface area contributed by atoms with E-state index in [0.29, 0.717) is 30.8 Å². The molecule has 1 amide bonds. The van der Waals surface area contributed by atoms with E-state index in [-0.39, 0.29) is 17.8 Å². The normalized spacial score (nSPS) is 14.6. The molecule has 1 saturated heterocycles. The van der Waals surface area contributed by atoms with Crippen LogP contribution in [0.15, 0.2) is 36.8 Å². The maximum Gasteiger partial charge on any atom is 0.254 e. The Bertz CT molecular complexity index is 899. The van der Waals surface area contributed by atoms with E-state index < -0.39 is 0 Å². The van der Waals surface area contributed by atoms with E-state index >= 15 is 0 Å². The Morgan fingerprint density at radius 1 is 1.28 bits per heavy atom. The van der Waals surface area contributed by atoms with Crippen molar-refractivity contribution in [3.8, 4) is 0 Å². The van der Waals surface area contributed by atoms with Crippen LogP contribution < -0.4 is 0 Å². The van der Waals surface area contributed by atoms with Gasteiger partial charge in [-0.1, -0.05) is 11.3 Å². The summed E-state index contributed by atoms with van der Waals surface area (Å²) in [5, 5.41) is 16.3. The monoisotopic (exact) mass is 341 g/mol. The van der Waals surface area contributed by atoms with Gasteiger partial charge in [0, 0.05) is 18.7 Å². The maximum atomic E-state index is 13.6. The van der Waals surface area contributed by atoms with Crippen molar-refractivity contribution in [2.24, 2.45) is 0 Å². The summed E-state index contributed by atoms with van der Waals surface area (Å²) in [5.74, 6) is -0.535. The molecule has 2 aromatic heterocycles. The van der Waals surface area contributed by atoms with Crippen molar-refractivity contribution in [2.75, 3.05) is 13.1 Å². The molecule has 0 aliphatic carbocycles. The number of aryl methyl sites for hydroxylation is 1. The molecule has 0 bridgehead atoms. The summed E-state index contributed by atoms with van der Waals surface area (Å²) in [6.07, 6.45) is 5.04. The first-order chi connectivity index (χ1) is 12.1. The number of benzene rings is 1. The lowest BCUT2D eigenvalue weighted by molar-refractivity contribution is 0.0498. The minimum absolute atomic E-state index is 0.0751. The van der Waals surface area contributed by atoms with Gasteiger partial charge in [0.15, 0.2) is 0 Å². The molecule has 128 valence electrons. The van der Waals surface area contributed by atoms with Gasteiger partial charge in [-0.05, 0) is 24.6 Å². The van der Waals surface area contributed by atoms with Gasteiger partial charge < -0.3 is 4.90 Å². The summed E-state index contributed by atoms with van der Waals surface area (Å²) in [6, 6.07) is 4.63. The number of likely N-dealkylation sites (tertiary alicyclic amines) is 1. The van der Waals surface area contributed by atoms with Crippen molar-refractivity contribution in [1.29, 1.82) is 0 Å². The fraction of sp³-hybridized carbons (Fsp3) is 0.312. The second-order valence-corrected chi connectivity index (χ2v) is 6.08. The predicted molar refractivity (Wildman–Crippen MR) is 85.2 cm³/mol. The number of hydrogen-bond donors (Lipinski definition) is 0. The maximum absolute atomic E-state index is 13.6. The van der Waals surface area contributed by atoms with Gasteiger partial charge in [0.2, 0.25) is 0 Å². The highest BCUT2D eigenvalue weighted by atomic mass is 19.1. The van der Waals surface area contributed by atoms with Crippen LogP contribution in [0.1, 0.15) is 27.7 Å². The molecule has 4 rings (SSSR count). The third-order valence-corrected chi connectivity index (χ3v) is 4.27. The largest absolute Gasteiger partial charge is 0.334 e. The minimum atomic E-state index is -0.365. The highest BCUT2D eigenvalue weighted by Crippen LogP contribution is 2.23. The number of halogens is 1. The van der Waals surface area contributed by atoms with Crippen molar-refractivity contribution in [2.45, 2.75) is 19.5 Å². The van der Waals surface area contributed by atoms with Crippen molar-refractivity contribution >= 4 is 5.91 Å². The Morgan fingerprint density at radius 3 is 2.76 bits per heavy atom. The standard InChI is InChI=1S/C16H16FN7O/c1-11-2-3-12(6-15(11)17)16(25)22-9-14(10-22)23-7-13(20-21-23)8-24-18-4-5-19-24/h2-7,14H,8-10H2,1H3. The van der Waals surface area contributed by atoms with Gasteiger partial charge >= 0.3 is 0 Å². The first-order valence-corrected chi connectivity index (χ1v) is 7.90. The predicted octanol–water partition coefficient (Wildman–Crippen LogP) is 1.06. The highest BCUT2D eigenvalue weighted by molar-refractivity contribution is 5.94. The fourth-order valence-electron chi connectivity index (χ4n) is 2.73. The molecule has 25 heavy (non-hydrogen) atoms. The van der Waals surface area contributed by atoms with Gasteiger partial charge in [-0.2, -0.15) is 15.0 Å². The van der Waals surface area contributed by atoms with E-state index in [1.54, 1.807) is 41.0 Å². The molecule has 3 aromatic rings. The van der Waals surface area contributed by atoms with Gasteiger partial charge in [0.05, 0.1) is 24.6 Å². The molecule has 1 aliphatic heterocycles. The zero-order valence-electron chi connectivity index (χ0n) is 13.6. The molecule has 1 aromatic carbocycles. The average molecular weight is 341 g/mol. The van der Waals surface area contributed by atoms with Crippen molar-refractivity contribution in [3.63, 3.8) is 0 Å². The first-order valence-electron chi connectivity index (χ1n) is 7.90. The topological polar surface area (TPSA) is 81.7 Å². The minimum Gasteiger partial charge on any atom is -0.334 e. The van der Waals surface area contributed by atoms with Crippen LogP contribution in [0.2, 0.25) is 0 Å². The fourth-order valence-corrected chi connectivity index (χ4v) is 2.73. The second kappa shape index (κ2) is 6.08. The van der Waals surface area contributed by atoms with Gasteiger partial charge in [0.25, 0.3) is 5.91 Å². The van der Waals surface area contributed by atoms with E-state index in [0.717, 1.165) is 5.69 Å². The van der Waals surface area contributed by atoms with E-state index in [1.165, 1.54) is 10.9 Å². The lowest BCUT2D eigenvalue weighted by Crippen LogP contribution is -2.50. The Balaban J connectivity index is 1.37. The number of rotatable bonds is 4. The molecule has 8 nitrogen and oxygen atoms in total. The van der Waals surface area contributed by atoms with E-state index in [4.69, 9.17) is 0 Å². The Kier molecular flexibility index (Phi) is 3.75. The molecule has 1 aliphatic rings. The van der Waals surface area contributed by atoms with Crippen LogP contribution in [-0.4, -0.2) is 53.9 Å². The molecule has 0 unspecified atom stereocenters. The number of hydrogen-bond acceptors (Lipinski definition) is 5. The molecule has 0 spiro atoms. The lowest BCUT2D eigenvalue weighted by Gasteiger charge is -2.38. The number of nitrogens with zero attached hydrogens (tertiary/aromatic N) is 7. The zero-order chi connectivity index (χ0) is 17.4. The van der Waals surface area contributed by atoms with Gasteiger partial charge in [0.1, 0.15) is 18.1 Å². The number of carbonyl (C=O) groups is 1. The van der Waals surface area contributed by atoms with Crippen molar-refractivity contribution in [3.05, 3.63) is 59.4 Å². The average Bonchev–Trinajstić information content (AvgIpc) is 3.21. The number of amides is 1. The third kappa shape index (κ3) is 3.00. The number of carbonyl (C=O) groups excluding carboxylic acids is 1. The molecule has 0 saturated carbocycles. The lowest BCUT2D eigenvalue weighted by atomic mass is 10.1. The first kappa shape index (κ1) is 15.4. The van der Waals surface area contributed by atoms with Crippen LogP contribution in [0.3, 0.4) is 0 Å². The van der Waals surface area contributed by atoms with E-state index in [1.807, 2.05) is 6.20 Å². The van der Waals surface area contributed by atoms with Crippen LogP contribution in [0.25, 0.3) is 0 Å². The molecule has 1 fully saturated rings. The second-order valence-electron chi connectivity index (χ2n) is 6.08. The molecule has 0 atom stereocenters. The molecule has 0 radical (unpaired) electrons. The van der Waals surface area contributed by atoms with Crippen molar-refractivity contribution < 1.29 is 9.18 Å². The zero-order valence-corrected chi connectivity index (χ0v) is 13.6. The summed E-state index contributed by atoms with van der Waals surface area (Å²) in [6.45, 7) is 3.17. The molecular formula is C16H16FN7O. The third-order valence-electron chi connectivity index (χ3n) is 4.27. The van der Waals surface area contributed by atoms with Crippen LogP contribution >= 0.6 is 0 Å². The van der Waals surface area contributed by atoms with E-state index in [9.17, 15) is 9.18 Å². The SMILES string of the molecule is Cc1ccc(C(=O)N2CC(n3cc(Cn4nccn4)nn3)C2)cc1F. The van der Waals surface area contributed by atoms with Gasteiger partial charge in [-0.3, -0.25) is 4.79 Å². The van der Waals surface area contributed by atoms with Crippen LogP contribution in [-0.2, 0) is 6.54 Å². The summed E-state index contributed by atoms with van der Waals surface area (Å²) < 4.78 is 15.4. The van der Waals surface area contributed by atoms with Gasteiger partial charge in [-0.25, -0.2) is 9.07 Å². The Hall–Kier alpha value is -3.10. The van der Waals surface area contributed by atoms with E-state index in [2.05, 4.69) is 20.5 Å². The molecule has 0 N–H and O–H groups in total. The smallest absolute Gasteiger partial charge is 0.254 e. The van der Waals surface area contributed by atoms with Crippen LogP contribution in [0.4, 0.5) is 4.39 Å². The molecular weight excluding hydrogens is 325 g/mol. The van der Waals surface area contributed by atoms with Crippen LogP contribution in [0, 0.1) is 12.7 Å². The van der Waals surface area contributed by atoms with Gasteiger partial charge in [-0.15, -0.1) is 5.10 Å². The van der Waals surface area contributed by atoms with Crippen molar-refractivity contribution in [1.82, 2.24) is 34.9 Å². The number of aromatic nitrogens is 6. The molecule has 9 heteroatoms. The summed E-state index contributed by atoms with van der Waals surface area (Å²) in [7, 11) is 0.